The van der Waals surface area contributed by atoms with E-state index in [1.807, 2.05) is 6.92 Å². The number of nitrogens with one attached hydrogen (secondary N) is 1. The van der Waals surface area contributed by atoms with E-state index >= 15 is 0 Å². The fourth-order valence-electron chi connectivity index (χ4n) is 1.62. The van der Waals surface area contributed by atoms with Crippen LogP contribution in [0.1, 0.15) is 32.4 Å². The quantitative estimate of drug-likeness (QED) is 0.858. The Labute approximate surface area is 97.0 Å². The van der Waals surface area contributed by atoms with Crippen LogP contribution >= 0.6 is 0 Å². The molecular weight excluding hydrogens is 226 g/mol. The number of hydrogen-bond acceptors (Lipinski definition) is 4. The summed E-state index contributed by atoms with van der Waals surface area (Å²) >= 11 is 0. The molecule has 0 fully saturated rings. The van der Waals surface area contributed by atoms with Crippen LogP contribution in [0, 0.1) is 0 Å². The molecule has 0 radical (unpaired) electrons. The minimum Gasteiger partial charge on any atom is -0.472 e. The molecule has 1 atom stereocenters. The Morgan fingerprint density at radius 3 is 2.50 bits per heavy atom. The highest BCUT2D eigenvalue weighted by Crippen LogP contribution is 2.32. The molecule has 0 amide bonds. The molecule has 0 aromatic carbocycles. The summed E-state index contributed by atoms with van der Waals surface area (Å²) < 4.78 is 27.7. The van der Waals surface area contributed by atoms with Crippen molar-refractivity contribution >= 4 is 9.84 Å². The number of sulfone groups is 1. The van der Waals surface area contributed by atoms with Crippen molar-refractivity contribution in [1.82, 2.24) is 5.32 Å². The van der Waals surface area contributed by atoms with E-state index in [9.17, 15) is 8.42 Å². The maximum absolute atomic E-state index is 11.8. The molecule has 1 N–H and O–H groups in total. The van der Waals surface area contributed by atoms with Crippen molar-refractivity contribution in [3.8, 4) is 0 Å². The van der Waals surface area contributed by atoms with E-state index in [1.165, 1.54) is 6.26 Å². The lowest BCUT2D eigenvalue weighted by atomic mass is 9.97. The Kier molecular flexibility index (Phi) is 3.80. The van der Waals surface area contributed by atoms with Crippen LogP contribution in [-0.2, 0) is 9.84 Å². The standard InChI is InChI=1S/C11H19NO3S/c1-5-12-10(9-6-7-15-8-9)11(2,3)16(4,13)14/h6-8,10,12H,5H2,1-4H3. The van der Waals surface area contributed by atoms with Crippen molar-refractivity contribution in [2.24, 2.45) is 0 Å². The first-order chi connectivity index (χ1) is 7.30. The summed E-state index contributed by atoms with van der Waals surface area (Å²) in [5.74, 6) is 0. The van der Waals surface area contributed by atoms with Gasteiger partial charge < -0.3 is 9.73 Å². The lowest BCUT2D eigenvalue weighted by molar-refractivity contribution is 0.424. The third-order valence-electron chi connectivity index (χ3n) is 2.94. The van der Waals surface area contributed by atoms with Crippen LogP contribution < -0.4 is 5.32 Å². The number of rotatable bonds is 5. The van der Waals surface area contributed by atoms with Gasteiger partial charge in [0.1, 0.15) is 0 Å². The Morgan fingerprint density at radius 1 is 1.50 bits per heavy atom. The van der Waals surface area contributed by atoms with Gasteiger partial charge >= 0.3 is 0 Å². The van der Waals surface area contributed by atoms with Gasteiger partial charge in [0.2, 0.25) is 0 Å². The van der Waals surface area contributed by atoms with E-state index in [4.69, 9.17) is 4.42 Å². The van der Waals surface area contributed by atoms with Crippen molar-refractivity contribution in [1.29, 1.82) is 0 Å². The lowest BCUT2D eigenvalue weighted by Crippen LogP contribution is -2.44. The van der Waals surface area contributed by atoms with E-state index in [0.717, 1.165) is 5.56 Å². The average Bonchev–Trinajstić information content (AvgIpc) is 2.64. The SMILES string of the molecule is CCNC(c1ccoc1)C(C)(C)S(C)(=O)=O. The summed E-state index contributed by atoms with van der Waals surface area (Å²) in [6.45, 7) is 6.10. The first-order valence-corrected chi connectivity index (χ1v) is 7.15. The summed E-state index contributed by atoms with van der Waals surface area (Å²) in [6, 6.07) is 1.53. The first kappa shape index (κ1) is 13.3. The molecule has 1 heterocycles. The van der Waals surface area contributed by atoms with Crippen LogP contribution in [0.4, 0.5) is 0 Å². The molecule has 1 aromatic heterocycles. The van der Waals surface area contributed by atoms with Gasteiger partial charge in [-0.15, -0.1) is 0 Å². The second-order valence-corrected chi connectivity index (χ2v) is 7.02. The predicted molar refractivity (Wildman–Crippen MR) is 64.0 cm³/mol. The Balaban J connectivity index is 3.13. The third-order valence-corrected chi connectivity index (χ3v) is 5.08. The first-order valence-electron chi connectivity index (χ1n) is 5.25. The molecule has 5 heteroatoms. The van der Waals surface area contributed by atoms with Crippen LogP contribution in [0.25, 0.3) is 0 Å². The predicted octanol–water partition coefficient (Wildman–Crippen LogP) is 1.75. The fraction of sp³-hybridized carbons (Fsp3) is 0.636. The van der Waals surface area contributed by atoms with E-state index < -0.39 is 14.6 Å². The highest BCUT2D eigenvalue weighted by Gasteiger charge is 2.39. The molecule has 0 bridgehead atoms. The monoisotopic (exact) mass is 245 g/mol. The van der Waals surface area contributed by atoms with Gasteiger partial charge in [0.15, 0.2) is 9.84 Å². The zero-order chi connectivity index (χ0) is 12.4. The summed E-state index contributed by atoms with van der Waals surface area (Å²) in [7, 11) is -3.15. The molecule has 0 spiro atoms. The largest absolute Gasteiger partial charge is 0.472 e. The van der Waals surface area contributed by atoms with Crippen molar-refractivity contribution < 1.29 is 12.8 Å². The van der Waals surface area contributed by atoms with Crippen LogP contribution in [0.3, 0.4) is 0 Å². The van der Waals surface area contributed by atoms with Gasteiger partial charge in [-0.1, -0.05) is 6.92 Å². The van der Waals surface area contributed by atoms with E-state index in [1.54, 1.807) is 32.4 Å². The van der Waals surface area contributed by atoms with E-state index in [0.29, 0.717) is 6.54 Å². The lowest BCUT2D eigenvalue weighted by Gasteiger charge is -2.32. The summed E-state index contributed by atoms with van der Waals surface area (Å²) in [5.41, 5.74) is 0.859. The highest BCUT2D eigenvalue weighted by atomic mass is 32.2. The average molecular weight is 245 g/mol. The Bertz CT molecular complexity index is 420. The second kappa shape index (κ2) is 4.59. The normalized spacial score (nSPS) is 15.0. The molecule has 0 saturated heterocycles. The smallest absolute Gasteiger partial charge is 0.154 e. The summed E-state index contributed by atoms with van der Waals surface area (Å²) in [4.78, 5) is 0. The van der Waals surface area contributed by atoms with Gasteiger partial charge in [0.25, 0.3) is 0 Å². The van der Waals surface area contributed by atoms with Crippen molar-refractivity contribution in [2.75, 3.05) is 12.8 Å². The van der Waals surface area contributed by atoms with Gasteiger partial charge in [-0.25, -0.2) is 8.42 Å². The Hall–Kier alpha value is -0.810. The van der Waals surface area contributed by atoms with Crippen LogP contribution in [0.15, 0.2) is 23.0 Å². The summed E-state index contributed by atoms with van der Waals surface area (Å²) in [6.07, 6.45) is 4.40. The fourth-order valence-corrected chi connectivity index (χ4v) is 2.27. The van der Waals surface area contributed by atoms with Crippen LogP contribution in [0.2, 0.25) is 0 Å². The molecule has 1 aromatic rings. The van der Waals surface area contributed by atoms with Gasteiger partial charge in [-0.3, -0.25) is 0 Å². The molecule has 16 heavy (non-hydrogen) atoms. The molecular formula is C11H19NO3S. The van der Waals surface area contributed by atoms with E-state index in [-0.39, 0.29) is 6.04 Å². The zero-order valence-electron chi connectivity index (χ0n) is 10.1. The van der Waals surface area contributed by atoms with E-state index in [2.05, 4.69) is 5.32 Å². The zero-order valence-corrected chi connectivity index (χ0v) is 11.0. The molecule has 0 saturated carbocycles. The van der Waals surface area contributed by atoms with Gasteiger partial charge in [0, 0.05) is 11.8 Å². The van der Waals surface area contributed by atoms with Gasteiger partial charge in [-0.2, -0.15) is 0 Å². The minimum absolute atomic E-state index is 0.258. The maximum Gasteiger partial charge on any atom is 0.154 e. The molecule has 0 aliphatic carbocycles. The minimum atomic E-state index is -3.15. The van der Waals surface area contributed by atoms with Gasteiger partial charge in [0.05, 0.1) is 23.3 Å². The number of furan rings is 1. The van der Waals surface area contributed by atoms with Crippen molar-refractivity contribution in [2.45, 2.75) is 31.6 Å². The molecule has 1 unspecified atom stereocenters. The van der Waals surface area contributed by atoms with Crippen LogP contribution in [-0.4, -0.2) is 26.0 Å². The molecule has 0 aliphatic heterocycles. The molecule has 0 aliphatic rings. The molecule has 92 valence electrons. The summed E-state index contributed by atoms with van der Waals surface area (Å²) in [5, 5.41) is 3.19. The third kappa shape index (κ3) is 2.47. The second-order valence-electron chi connectivity index (χ2n) is 4.42. The van der Waals surface area contributed by atoms with Crippen molar-refractivity contribution in [3.63, 3.8) is 0 Å². The Morgan fingerprint density at radius 2 is 2.12 bits per heavy atom. The number of hydrogen-bond donors (Lipinski definition) is 1. The molecule has 4 nitrogen and oxygen atoms in total. The highest BCUT2D eigenvalue weighted by molar-refractivity contribution is 7.92. The van der Waals surface area contributed by atoms with Crippen LogP contribution in [0.5, 0.6) is 0 Å². The topological polar surface area (TPSA) is 59.3 Å². The maximum atomic E-state index is 11.8. The van der Waals surface area contributed by atoms with Gasteiger partial charge in [-0.05, 0) is 26.5 Å². The molecule has 1 rings (SSSR count). The van der Waals surface area contributed by atoms with Crippen molar-refractivity contribution in [3.05, 3.63) is 24.2 Å².